The van der Waals surface area contributed by atoms with E-state index in [0.717, 1.165) is 24.4 Å². The Morgan fingerprint density at radius 1 is 1.32 bits per heavy atom. The number of aromatic nitrogens is 1. The van der Waals surface area contributed by atoms with Gasteiger partial charge in [-0.05, 0) is 35.4 Å². The van der Waals surface area contributed by atoms with Crippen LogP contribution in [-0.4, -0.2) is 22.6 Å². The quantitative estimate of drug-likeness (QED) is 0.879. The van der Waals surface area contributed by atoms with Crippen molar-refractivity contribution in [3.63, 3.8) is 0 Å². The normalized spacial score (nSPS) is 14.4. The topological polar surface area (TPSA) is 58.4 Å². The first-order chi connectivity index (χ1) is 11.8. The number of hydrogen-bond acceptors (Lipinski definition) is 3. The van der Waals surface area contributed by atoms with E-state index < -0.39 is 0 Å². The van der Waals surface area contributed by atoms with E-state index in [2.05, 4.69) is 49.4 Å². The highest BCUT2D eigenvalue weighted by Gasteiger charge is 2.24. The summed E-state index contributed by atoms with van der Waals surface area (Å²) in [6, 6.07) is 6.58. The first kappa shape index (κ1) is 17.5. The number of nitrogens with zero attached hydrogens (tertiary/aromatic N) is 2. The molecule has 1 aromatic carbocycles. The Bertz CT molecular complexity index is 787. The molecule has 2 amide bonds. The van der Waals surface area contributed by atoms with Gasteiger partial charge in [-0.15, -0.1) is 0 Å². The van der Waals surface area contributed by atoms with Gasteiger partial charge in [0.15, 0.2) is 5.76 Å². The smallest absolute Gasteiger partial charge is 0.322 e. The first-order valence-corrected chi connectivity index (χ1v) is 8.93. The maximum atomic E-state index is 12.7. The summed E-state index contributed by atoms with van der Waals surface area (Å²) in [5, 5.41) is 6.94. The Labute approximate surface area is 149 Å². The third kappa shape index (κ3) is 3.55. The first-order valence-electron chi connectivity index (χ1n) is 8.93. The van der Waals surface area contributed by atoms with E-state index in [-0.39, 0.29) is 11.4 Å². The van der Waals surface area contributed by atoms with E-state index >= 15 is 0 Å². The van der Waals surface area contributed by atoms with Gasteiger partial charge in [-0.1, -0.05) is 51.1 Å². The molecule has 0 unspecified atom stereocenters. The molecule has 0 aliphatic carbocycles. The fourth-order valence-electron chi connectivity index (χ4n) is 3.20. The second-order valence-electron chi connectivity index (χ2n) is 7.75. The number of urea groups is 1. The molecule has 3 rings (SSSR count). The molecule has 5 nitrogen and oxygen atoms in total. The Kier molecular flexibility index (Phi) is 4.58. The van der Waals surface area contributed by atoms with Crippen molar-refractivity contribution in [1.82, 2.24) is 10.1 Å². The van der Waals surface area contributed by atoms with Crippen LogP contribution < -0.4 is 5.32 Å². The number of hydrogen-bond donors (Lipinski definition) is 1. The highest BCUT2D eigenvalue weighted by molar-refractivity contribution is 5.90. The van der Waals surface area contributed by atoms with E-state index in [1.54, 1.807) is 0 Å². The van der Waals surface area contributed by atoms with Crippen LogP contribution in [0.15, 0.2) is 22.7 Å². The number of amides is 2. The summed E-state index contributed by atoms with van der Waals surface area (Å²) in [5.74, 6) is 0.721. The van der Waals surface area contributed by atoms with Crippen LogP contribution in [0.4, 0.5) is 10.5 Å². The van der Waals surface area contributed by atoms with Crippen molar-refractivity contribution in [3.8, 4) is 0 Å². The lowest BCUT2D eigenvalue weighted by atomic mass is 9.84. The van der Waals surface area contributed by atoms with Gasteiger partial charge in [0.05, 0.1) is 0 Å². The highest BCUT2D eigenvalue weighted by Crippen LogP contribution is 2.28. The molecule has 0 saturated carbocycles. The van der Waals surface area contributed by atoms with Gasteiger partial charge in [-0.2, -0.15) is 0 Å². The number of anilines is 1. The van der Waals surface area contributed by atoms with Crippen LogP contribution in [0, 0.1) is 6.92 Å². The molecular weight excluding hydrogens is 314 g/mol. The van der Waals surface area contributed by atoms with Crippen molar-refractivity contribution in [2.75, 3.05) is 11.9 Å². The zero-order chi connectivity index (χ0) is 18.2. The van der Waals surface area contributed by atoms with Gasteiger partial charge in [0.2, 0.25) is 0 Å². The third-order valence-corrected chi connectivity index (χ3v) is 4.86. The van der Waals surface area contributed by atoms with Crippen molar-refractivity contribution in [2.45, 2.75) is 59.4 Å². The lowest BCUT2D eigenvalue weighted by molar-refractivity contribution is 0.206. The molecule has 2 aromatic rings. The molecule has 1 N–H and O–H groups in total. The molecule has 0 spiro atoms. The number of nitrogens with one attached hydrogen (secondary N) is 1. The van der Waals surface area contributed by atoms with Crippen molar-refractivity contribution < 1.29 is 9.32 Å². The molecule has 5 heteroatoms. The molecule has 0 atom stereocenters. The Morgan fingerprint density at radius 3 is 2.76 bits per heavy atom. The van der Waals surface area contributed by atoms with Crippen LogP contribution in [0.1, 0.15) is 55.8 Å². The van der Waals surface area contributed by atoms with Gasteiger partial charge < -0.3 is 14.7 Å². The van der Waals surface area contributed by atoms with Crippen molar-refractivity contribution in [2.24, 2.45) is 0 Å². The SMILES string of the molecule is CCc1onc(C)c1NC(=O)N1CCc2ccc(C(C)(C)C)cc2C1. The number of aryl methyl sites for hydroxylation is 2. The predicted octanol–water partition coefficient (Wildman–Crippen LogP) is 4.43. The van der Waals surface area contributed by atoms with Gasteiger partial charge in [0.25, 0.3) is 0 Å². The summed E-state index contributed by atoms with van der Waals surface area (Å²) in [4.78, 5) is 14.6. The molecular formula is C20H27N3O2. The number of carbonyl (C=O) groups excluding carboxylic acids is 1. The Morgan fingerprint density at radius 2 is 2.08 bits per heavy atom. The molecule has 25 heavy (non-hydrogen) atoms. The lowest BCUT2D eigenvalue weighted by Crippen LogP contribution is -2.39. The zero-order valence-electron chi connectivity index (χ0n) is 15.8. The summed E-state index contributed by atoms with van der Waals surface area (Å²) in [6.07, 6.45) is 1.59. The summed E-state index contributed by atoms with van der Waals surface area (Å²) in [7, 11) is 0. The molecule has 0 bridgehead atoms. The standard InChI is InChI=1S/C20H27N3O2/c1-6-17-18(13(2)22-25-17)21-19(24)23-10-9-14-7-8-16(20(3,4)5)11-15(14)12-23/h7-8,11H,6,9-10,12H2,1-5H3,(H,21,24). The molecule has 0 saturated heterocycles. The molecule has 1 aliphatic rings. The van der Waals surface area contributed by atoms with E-state index in [1.807, 2.05) is 18.7 Å². The van der Waals surface area contributed by atoms with Gasteiger partial charge >= 0.3 is 6.03 Å². The summed E-state index contributed by atoms with van der Waals surface area (Å²) in [6.45, 7) is 11.8. The zero-order valence-corrected chi connectivity index (χ0v) is 15.8. The van der Waals surface area contributed by atoms with Crippen LogP contribution >= 0.6 is 0 Å². The highest BCUT2D eigenvalue weighted by atomic mass is 16.5. The summed E-state index contributed by atoms with van der Waals surface area (Å²) in [5.41, 5.74) is 5.42. The fraction of sp³-hybridized carbons (Fsp3) is 0.500. The van der Waals surface area contributed by atoms with Gasteiger partial charge in [0, 0.05) is 19.5 Å². The number of rotatable bonds is 2. The van der Waals surface area contributed by atoms with Crippen LogP contribution in [-0.2, 0) is 24.8 Å². The van der Waals surface area contributed by atoms with Crippen LogP contribution in [0.5, 0.6) is 0 Å². The molecule has 1 aromatic heterocycles. The van der Waals surface area contributed by atoms with E-state index in [0.29, 0.717) is 18.7 Å². The maximum absolute atomic E-state index is 12.7. The van der Waals surface area contributed by atoms with Crippen LogP contribution in [0.2, 0.25) is 0 Å². The van der Waals surface area contributed by atoms with Crippen LogP contribution in [0.25, 0.3) is 0 Å². The van der Waals surface area contributed by atoms with Crippen molar-refractivity contribution in [3.05, 3.63) is 46.3 Å². The van der Waals surface area contributed by atoms with Gasteiger partial charge in [-0.3, -0.25) is 0 Å². The molecule has 0 radical (unpaired) electrons. The lowest BCUT2D eigenvalue weighted by Gasteiger charge is -2.30. The van der Waals surface area contributed by atoms with E-state index in [4.69, 9.17) is 4.52 Å². The molecule has 0 fully saturated rings. The largest absolute Gasteiger partial charge is 0.359 e. The maximum Gasteiger partial charge on any atom is 0.322 e. The predicted molar refractivity (Wildman–Crippen MR) is 98.9 cm³/mol. The van der Waals surface area contributed by atoms with Crippen molar-refractivity contribution in [1.29, 1.82) is 0 Å². The minimum absolute atomic E-state index is 0.0900. The average molecular weight is 341 g/mol. The number of fused-ring (bicyclic) bond motifs is 1. The summed E-state index contributed by atoms with van der Waals surface area (Å²) < 4.78 is 5.26. The second kappa shape index (κ2) is 6.54. The monoisotopic (exact) mass is 341 g/mol. The van der Waals surface area contributed by atoms with Crippen LogP contribution in [0.3, 0.4) is 0 Å². The molecule has 1 aliphatic heterocycles. The summed E-state index contributed by atoms with van der Waals surface area (Å²) >= 11 is 0. The average Bonchev–Trinajstić information content (AvgIpc) is 2.93. The number of benzene rings is 1. The second-order valence-corrected chi connectivity index (χ2v) is 7.75. The third-order valence-electron chi connectivity index (χ3n) is 4.86. The minimum atomic E-state index is -0.0900. The van der Waals surface area contributed by atoms with E-state index in [9.17, 15) is 4.79 Å². The van der Waals surface area contributed by atoms with E-state index in [1.165, 1.54) is 16.7 Å². The Balaban J connectivity index is 1.77. The van der Waals surface area contributed by atoms with Crippen molar-refractivity contribution >= 4 is 11.7 Å². The fourth-order valence-corrected chi connectivity index (χ4v) is 3.20. The van der Waals surface area contributed by atoms with Gasteiger partial charge in [-0.25, -0.2) is 4.79 Å². The molecule has 134 valence electrons. The molecule has 2 heterocycles. The Hall–Kier alpha value is -2.30. The van der Waals surface area contributed by atoms with Gasteiger partial charge in [0.1, 0.15) is 11.4 Å². The minimum Gasteiger partial charge on any atom is -0.359 e. The number of carbonyl (C=O) groups is 1.